The van der Waals surface area contributed by atoms with Gasteiger partial charge in [-0.3, -0.25) is 0 Å². The topological polar surface area (TPSA) is 0 Å². The molecule has 0 rings (SSSR count). The molecular weight excluding hydrogens is 246 g/mol. The van der Waals surface area contributed by atoms with E-state index in [0.29, 0.717) is 0 Å². The molecule has 0 bridgehead atoms. The Morgan fingerprint density at radius 3 is 2.00 bits per heavy atom. The quantitative estimate of drug-likeness (QED) is 0.662. The Morgan fingerprint density at radius 1 is 1.62 bits per heavy atom. The normalized spacial score (nSPS) is 16.1. The highest BCUT2D eigenvalue weighted by molar-refractivity contribution is 9.10. The van der Waals surface area contributed by atoms with Crippen LogP contribution in [0.3, 0.4) is 0 Å². The molecule has 0 unspecified atom stereocenters. The van der Waals surface area contributed by atoms with Gasteiger partial charge in [0.15, 0.2) is 0 Å². The van der Waals surface area contributed by atoms with Crippen LogP contribution in [-0.4, -0.2) is 9.66 Å². The van der Waals surface area contributed by atoms with E-state index in [4.69, 9.17) is 0 Å². The molecule has 1 atom stereocenters. The van der Waals surface area contributed by atoms with Gasteiger partial charge in [-0.15, -0.1) is 0 Å². The van der Waals surface area contributed by atoms with Crippen LogP contribution in [-0.2, 0) is 0 Å². The zero-order chi connectivity index (χ0) is 6.78. The van der Waals surface area contributed by atoms with E-state index < -0.39 is 4.83 Å². The summed E-state index contributed by atoms with van der Waals surface area (Å²) in [6, 6.07) is 0. The van der Waals surface area contributed by atoms with Crippen LogP contribution in [0.25, 0.3) is 0 Å². The number of hydrogen-bond donors (Lipinski definition) is 0. The van der Waals surface area contributed by atoms with E-state index in [2.05, 4.69) is 31.9 Å². The van der Waals surface area contributed by atoms with Gasteiger partial charge in [0.1, 0.15) is 0 Å². The van der Waals surface area contributed by atoms with E-state index in [0.717, 1.165) is 0 Å². The van der Waals surface area contributed by atoms with Crippen LogP contribution in [0.4, 0.5) is 8.78 Å². The minimum Gasteiger partial charge on any atom is -0.194 e. The zero-order valence-corrected chi connectivity index (χ0v) is 7.47. The van der Waals surface area contributed by atoms with Crippen LogP contribution >= 0.6 is 31.9 Å². The lowest BCUT2D eigenvalue weighted by Gasteiger charge is -2.08. The van der Waals surface area contributed by atoms with Crippen molar-refractivity contribution >= 4 is 31.9 Å². The van der Waals surface area contributed by atoms with Crippen LogP contribution in [0.5, 0.6) is 0 Å². The Labute approximate surface area is 63.9 Å². The molecule has 0 nitrogen and oxygen atoms in total. The lowest BCUT2D eigenvalue weighted by Crippen LogP contribution is -2.09. The minimum atomic E-state index is -2.71. The van der Waals surface area contributed by atoms with E-state index >= 15 is 0 Å². The first-order valence-corrected chi connectivity index (χ1v) is 3.83. The van der Waals surface area contributed by atoms with Crippen LogP contribution in [0.1, 0.15) is 13.3 Å². The fourth-order valence-corrected chi connectivity index (χ4v) is 1.65. The molecule has 8 heavy (non-hydrogen) atoms. The van der Waals surface area contributed by atoms with Crippen molar-refractivity contribution in [2.24, 2.45) is 0 Å². The summed E-state index contributed by atoms with van der Waals surface area (Å²) in [6.45, 7) is 1.68. The molecule has 0 aliphatic rings. The predicted octanol–water partition coefficient (Wildman–Crippen LogP) is 3.15. The van der Waals surface area contributed by atoms with Gasteiger partial charge in [-0.05, 0) is 15.9 Å². The van der Waals surface area contributed by atoms with Crippen molar-refractivity contribution in [1.29, 1.82) is 0 Å². The first-order valence-electron chi connectivity index (χ1n) is 2.12. The summed E-state index contributed by atoms with van der Waals surface area (Å²) in [5.41, 5.74) is 0. The summed E-state index contributed by atoms with van der Waals surface area (Å²) < 4.78 is 23.7. The third-order valence-corrected chi connectivity index (χ3v) is 1.16. The minimum absolute atomic E-state index is 0.142. The second-order valence-corrected chi connectivity index (χ2v) is 4.32. The van der Waals surface area contributed by atoms with Crippen molar-refractivity contribution < 1.29 is 8.78 Å². The molecule has 0 saturated heterocycles. The summed E-state index contributed by atoms with van der Waals surface area (Å²) in [6.07, 6.45) is -0.174. The summed E-state index contributed by atoms with van der Waals surface area (Å²) in [7, 11) is 0. The van der Waals surface area contributed by atoms with Gasteiger partial charge in [0.25, 0.3) is 0 Å². The second kappa shape index (κ2) is 3.11. The standard InChI is InChI=1S/C4H6Br2F2/c1-3(5)2-4(6,7)8/h3H,2H2,1H3/t3-/m1/s1. The molecule has 0 saturated carbocycles. The van der Waals surface area contributed by atoms with Gasteiger partial charge in [0.2, 0.25) is 0 Å². The van der Waals surface area contributed by atoms with E-state index in [9.17, 15) is 8.78 Å². The van der Waals surface area contributed by atoms with Gasteiger partial charge in [0.05, 0.1) is 0 Å². The van der Waals surface area contributed by atoms with Crippen LogP contribution in [0, 0.1) is 0 Å². The highest BCUT2D eigenvalue weighted by Crippen LogP contribution is 2.29. The number of hydrogen-bond acceptors (Lipinski definition) is 0. The summed E-state index contributed by atoms with van der Waals surface area (Å²) in [4.78, 5) is -2.85. The number of alkyl halides is 4. The van der Waals surface area contributed by atoms with Crippen LogP contribution < -0.4 is 0 Å². The fraction of sp³-hybridized carbons (Fsp3) is 1.00. The molecule has 4 heteroatoms. The maximum absolute atomic E-state index is 11.9. The monoisotopic (exact) mass is 250 g/mol. The molecule has 0 fully saturated rings. The van der Waals surface area contributed by atoms with Crippen molar-refractivity contribution in [3.8, 4) is 0 Å². The fourth-order valence-electron chi connectivity index (χ4n) is 0.319. The largest absolute Gasteiger partial charge is 0.302 e. The molecule has 0 aliphatic heterocycles. The SMILES string of the molecule is C[C@@H](Br)CC(F)(F)Br. The first kappa shape index (κ1) is 8.82. The van der Waals surface area contributed by atoms with Crippen molar-refractivity contribution in [1.82, 2.24) is 0 Å². The van der Waals surface area contributed by atoms with E-state index in [1.165, 1.54) is 0 Å². The number of halogens is 4. The van der Waals surface area contributed by atoms with Crippen LogP contribution in [0.15, 0.2) is 0 Å². The second-order valence-electron chi connectivity index (χ2n) is 1.60. The van der Waals surface area contributed by atoms with E-state index in [1.807, 2.05) is 0 Å². The number of rotatable bonds is 2. The highest BCUT2D eigenvalue weighted by Gasteiger charge is 2.25. The molecule has 0 amide bonds. The summed E-state index contributed by atoms with van der Waals surface area (Å²) in [5, 5.41) is 0. The smallest absolute Gasteiger partial charge is 0.194 e. The zero-order valence-electron chi connectivity index (χ0n) is 4.30. The van der Waals surface area contributed by atoms with Gasteiger partial charge in [0, 0.05) is 11.2 Å². The van der Waals surface area contributed by atoms with Crippen molar-refractivity contribution in [3.63, 3.8) is 0 Å². The molecule has 0 heterocycles. The molecule has 0 aromatic rings. The first-order chi connectivity index (χ1) is 3.42. The lowest BCUT2D eigenvalue weighted by molar-refractivity contribution is 0.106. The third kappa shape index (κ3) is 6.82. The van der Waals surface area contributed by atoms with E-state index in [1.54, 1.807) is 6.92 Å². The Balaban J connectivity index is 3.39. The summed E-state index contributed by atoms with van der Waals surface area (Å²) >= 11 is 5.22. The molecule has 0 aliphatic carbocycles. The van der Waals surface area contributed by atoms with Crippen LogP contribution in [0.2, 0.25) is 0 Å². The highest BCUT2D eigenvalue weighted by atomic mass is 79.9. The van der Waals surface area contributed by atoms with Gasteiger partial charge >= 0.3 is 4.83 Å². The Hall–Kier alpha value is 0.820. The molecule has 0 aromatic heterocycles. The summed E-state index contributed by atoms with van der Waals surface area (Å²) in [5.74, 6) is 0. The lowest BCUT2D eigenvalue weighted by atomic mass is 10.3. The Kier molecular flexibility index (Phi) is 3.43. The van der Waals surface area contributed by atoms with E-state index in [-0.39, 0.29) is 11.2 Å². The maximum atomic E-state index is 11.9. The molecule has 50 valence electrons. The van der Waals surface area contributed by atoms with Gasteiger partial charge in [-0.2, -0.15) is 8.78 Å². The van der Waals surface area contributed by atoms with Gasteiger partial charge in [-0.1, -0.05) is 22.9 Å². The molecule has 0 N–H and O–H groups in total. The third-order valence-electron chi connectivity index (χ3n) is 0.513. The maximum Gasteiger partial charge on any atom is 0.302 e. The predicted molar refractivity (Wildman–Crippen MR) is 36.9 cm³/mol. The van der Waals surface area contributed by atoms with Crippen molar-refractivity contribution in [2.45, 2.75) is 23.0 Å². The Bertz CT molecular complexity index is 66.9. The molecular formula is C4H6Br2F2. The Morgan fingerprint density at radius 2 is 2.00 bits per heavy atom. The average molecular weight is 252 g/mol. The molecule has 0 spiro atoms. The van der Waals surface area contributed by atoms with Crippen molar-refractivity contribution in [2.75, 3.05) is 0 Å². The molecule has 0 aromatic carbocycles. The average Bonchev–Trinajstić information content (AvgIpc) is 1.21. The molecule has 0 radical (unpaired) electrons. The van der Waals surface area contributed by atoms with Gasteiger partial charge < -0.3 is 0 Å². The van der Waals surface area contributed by atoms with Crippen molar-refractivity contribution in [3.05, 3.63) is 0 Å². The van der Waals surface area contributed by atoms with Gasteiger partial charge in [-0.25, -0.2) is 0 Å².